The minimum atomic E-state index is -0.121. The summed E-state index contributed by atoms with van der Waals surface area (Å²) in [6.45, 7) is 0.658. The number of hydrogen-bond donors (Lipinski definition) is 2. The molecule has 0 spiro atoms. The van der Waals surface area contributed by atoms with E-state index >= 15 is 0 Å². The summed E-state index contributed by atoms with van der Waals surface area (Å²) in [5, 5.41) is 12.7. The van der Waals surface area contributed by atoms with Gasteiger partial charge in [0.05, 0.1) is 3.57 Å². The molecule has 1 aliphatic carbocycles. The van der Waals surface area contributed by atoms with Gasteiger partial charge in [-0.15, -0.1) is 0 Å². The highest BCUT2D eigenvalue weighted by atomic mass is 127. The molecule has 1 saturated carbocycles. The van der Waals surface area contributed by atoms with E-state index < -0.39 is 0 Å². The number of carbonyl (C=O) groups is 1. The third-order valence-electron chi connectivity index (χ3n) is 4.27. The van der Waals surface area contributed by atoms with Crippen molar-refractivity contribution >= 4 is 28.5 Å². The van der Waals surface area contributed by atoms with E-state index in [2.05, 4.69) is 24.3 Å². The fourth-order valence-electron chi connectivity index (χ4n) is 2.82. The highest BCUT2D eigenvalue weighted by Crippen LogP contribution is 2.33. The largest absolute Gasteiger partial charge is 0.507 e. The molecule has 1 amide bonds. The summed E-state index contributed by atoms with van der Waals surface area (Å²) in [6.07, 6.45) is 4.69. The molecule has 0 aliphatic heterocycles. The first kappa shape index (κ1) is 15.6. The molecule has 0 saturated heterocycles. The molecule has 5 heteroatoms. The molecule has 4 nitrogen and oxygen atoms in total. The van der Waals surface area contributed by atoms with Gasteiger partial charge in [0.1, 0.15) is 5.75 Å². The minimum absolute atomic E-state index is 0.0842. The van der Waals surface area contributed by atoms with Crippen molar-refractivity contribution in [2.24, 2.45) is 0 Å². The molecule has 0 aromatic heterocycles. The Kier molecular flexibility index (Phi) is 4.90. The van der Waals surface area contributed by atoms with Crippen molar-refractivity contribution in [1.29, 1.82) is 0 Å². The van der Waals surface area contributed by atoms with Gasteiger partial charge in [0.2, 0.25) is 0 Å². The van der Waals surface area contributed by atoms with E-state index in [1.54, 1.807) is 12.1 Å². The SMILES string of the molecule is CN(C)C1(CNC(=O)c2ccc(I)c(O)c2)CCCC1. The molecule has 2 rings (SSSR count). The highest BCUT2D eigenvalue weighted by molar-refractivity contribution is 14.1. The van der Waals surface area contributed by atoms with Gasteiger partial charge in [-0.3, -0.25) is 4.79 Å². The zero-order valence-corrected chi connectivity index (χ0v) is 14.1. The van der Waals surface area contributed by atoms with Crippen LogP contribution >= 0.6 is 22.6 Å². The van der Waals surface area contributed by atoms with Gasteiger partial charge in [-0.2, -0.15) is 0 Å². The summed E-state index contributed by atoms with van der Waals surface area (Å²) in [6, 6.07) is 5.02. The number of carbonyl (C=O) groups excluding carboxylic acids is 1. The summed E-state index contributed by atoms with van der Waals surface area (Å²) in [5.74, 6) is 0.0336. The van der Waals surface area contributed by atoms with Gasteiger partial charge in [-0.25, -0.2) is 0 Å². The third-order valence-corrected chi connectivity index (χ3v) is 5.18. The van der Waals surface area contributed by atoms with Gasteiger partial charge in [-0.05, 0) is 67.7 Å². The van der Waals surface area contributed by atoms with Crippen molar-refractivity contribution < 1.29 is 9.90 Å². The fourth-order valence-corrected chi connectivity index (χ4v) is 3.15. The molecular formula is C15H21IN2O2. The lowest BCUT2D eigenvalue weighted by atomic mass is 9.96. The molecule has 1 aromatic rings. The molecular weight excluding hydrogens is 367 g/mol. The second kappa shape index (κ2) is 6.30. The van der Waals surface area contributed by atoms with Gasteiger partial charge in [-0.1, -0.05) is 12.8 Å². The number of benzene rings is 1. The Hall–Kier alpha value is -0.820. The zero-order valence-electron chi connectivity index (χ0n) is 11.9. The molecule has 20 heavy (non-hydrogen) atoms. The lowest BCUT2D eigenvalue weighted by Crippen LogP contribution is -2.50. The second-order valence-electron chi connectivity index (χ2n) is 5.67. The number of amides is 1. The van der Waals surface area contributed by atoms with Crippen LogP contribution in [0.15, 0.2) is 18.2 Å². The van der Waals surface area contributed by atoms with Gasteiger partial charge < -0.3 is 15.3 Å². The molecule has 0 radical (unpaired) electrons. The number of likely N-dealkylation sites (N-methyl/N-ethyl adjacent to an activating group) is 1. The molecule has 0 unspecified atom stereocenters. The van der Waals surface area contributed by atoms with Crippen molar-refractivity contribution in [3.05, 3.63) is 27.3 Å². The Labute approximate surface area is 133 Å². The molecule has 1 aromatic carbocycles. The van der Waals surface area contributed by atoms with Gasteiger partial charge in [0.15, 0.2) is 0 Å². The maximum absolute atomic E-state index is 12.2. The van der Waals surface area contributed by atoms with Crippen LogP contribution in [0.3, 0.4) is 0 Å². The predicted molar refractivity (Wildman–Crippen MR) is 88.0 cm³/mol. The normalized spacial score (nSPS) is 17.4. The fraction of sp³-hybridized carbons (Fsp3) is 0.533. The Bertz CT molecular complexity index is 497. The van der Waals surface area contributed by atoms with Crippen molar-refractivity contribution in [1.82, 2.24) is 10.2 Å². The van der Waals surface area contributed by atoms with Crippen molar-refractivity contribution in [2.75, 3.05) is 20.6 Å². The smallest absolute Gasteiger partial charge is 0.251 e. The quantitative estimate of drug-likeness (QED) is 0.780. The van der Waals surface area contributed by atoms with E-state index in [-0.39, 0.29) is 17.2 Å². The average Bonchev–Trinajstić information content (AvgIpc) is 2.89. The second-order valence-corrected chi connectivity index (χ2v) is 6.84. The van der Waals surface area contributed by atoms with Crippen LogP contribution in [0.2, 0.25) is 0 Å². The number of hydrogen-bond acceptors (Lipinski definition) is 3. The van der Waals surface area contributed by atoms with E-state index in [0.29, 0.717) is 12.1 Å². The van der Waals surface area contributed by atoms with E-state index in [9.17, 15) is 9.90 Å². The monoisotopic (exact) mass is 388 g/mol. The number of phenolic OH excluding ortho intramolecular Hbond substituents is 1. The lowest BCUT2D eigenvalue weighted by molar-refractivity contribution is 0.0899. The van der Waals surface area contributed by atoms with E-state index in [1.165, 1.54) is 18.9 Å². The minimum Gasteiger partial charge on any atom is -0.507 e. The Morgan fingerprint density at radius 2 is 2.05 bits per heavy atom. The van der Waals surface area contributed by atoms with E-state index in [0.717, 1.165) is 16.4 Å². The molecule has 0 bridgehead atoms. The average molecular weight is 388 g/mol. The van der Waals surface area contributed by atoms with Crippen LogP contribution in [0.5, 0.6) is 5.75 Å². The molecule has 1 fully saturated rings. The molecule has 1 aliphatic rings. The zero-order chi connectivity index (χ0) is 14.8. The number of rotatable bonds is 4. The number of nitrogens with one attached hydrogen (secondary N) is 1. The maximum atomic E-state index is 12.2. The Morgan fingerprint density at radius 3 is 2.60 bits per heavy atom. The topological polar surface area (TPSA) is 52.6 Å². The Morgan fingerprint density at radius 1 is 1.40 bits per heavy atom. The molecule has 0 heterocycles. The third kappa shape index (κ3) is 3.25. The van der Waals surface area contributed by atoms with Crippen LogP contribution in [-0.2, 0) is 0 Å². The number of halogens is 1. The van der Waals surface area contributed by atoms with Crippen molar-refractivity contribution in [3.63, 3.8) is 0 Å². The standard InChI is InChI=1S/C15H21IN2O2/c1-18(2)15(7-3-4-8-15)10-17-14(20)11-5-6-12(16)13(19)9-11/h5-6,9,19H,3-4,7-8,10H2,1-2H3,(H,17,20). The first-order valence-corrected chi connectivity index (χ1v) is 7.97. The van der Waals surface area contributed by atoms with Crippen LogP contribution in [0.4, 0.5) is 0 Å². The number of aromatic hydroxyl groups is 1. The summed E-state index contributed by atoms with van der Waals surface area (Å²) in [5.41, 5.74) is 0.593. The molecule has 2 N–H and O–H groups in total. The summed E-state index contributed by atoms with van der Waals surface area (Å²) in [7, 11) is 4.16. The van der Waals surface area contributed by atoms with Gasteiger partial charge in [0.25, 0.3) is 5.91 Å². The van der Waals surface area contributed by atoms with Crippen LogP contribution in [0, 0.1) is 3.57 Å². The number of nitrogens with zero attached hydrogens (tertiary/aromatic N) is 1. The summed E-state index contributed by atoms with van der Waals surface area (Å²) < 4.78 is 0.750. The van der Waals surface area contributed by atoms with Crippen molar-refractivity contribution in [3.8, 4) is 5.75 Å². The maximum Gasteiger partial charge on any atom is 0.251 e. The Balaban J connectivity index is 2.02. The van der Waals surface area contributed by atoms with E-state index in [4.69, 9.17) is 0 Å². The first-order valence-electron chi connectivity index (χ1n) is 6.89. The molecule has 0 atom stereocenters. The van der Waals surface area contributed by atoms with Crippen LogP contribution in [-0.4, -0.2) is 42.1 Å². The predicted octanol–water partition coefficient (Wildman–Crippen LogP) is 2.60. The highest BCUT2D eigenvalue weighted by Gasteiger charge is 2.36. The van der Waals surface area contributed by atoms with E-state index in [1.807, 2.05) is 22.6 Å². The molecule has 110 valence electrons. The summed E-state index contributed by atoms with van der Waals surface area (Å²) >= 11 is 2.04. The van der Waals surface area contributed by atoms with Gasteiger partial charge >= 0.3 is 0 Å². The summed E-state index contributed by atoms with van der Waals surface area (Å²) in [4.78, 5) is 14.4. The first-order chi connectivity index (χ1) is 9.44. The lowest BCUT2D eigenvalue weighted by Gasteiger charge is -2.36. The number of phenols is 1. The van der Waals surface area contributed by atoms with Crippen LogP contribution in [0.25, 0.3) is 0 Å². The van der Waals surface area contributed by atoms with Crippen LogP contribution < -0.4 is 5.32 Å². The van der Waals surface area contributed by atoms with Gasteiger partial charge in [0, 0.05) is 17.6 Å². The van der Waals surface area contributed by atoms with Crippen molar-refractivity contribution in [2.45, 2.75) is 31.2 Å². The van der Waals surface area contributed by atoms with Crippen LogP contribution in [0.1, 0.15) is 36.0 Å².